The molecule has 4 rings (SSSR count). The molecule has 0 atom stereocenters. The third-order valence-corrected chi connectivity index (χ3v) is 5.75. The number of benzene rings is 4. The average molecular weight is 423 g/mol. The zero-order valence-corrected chi connectivity index (χ0v) is 19.3. The molecule has 32 heavy (non-hydrogen) atoms. The molecule has 0 spiro atoms. The van der Waals surface area contributed by atoms with Crippen molar-refractivity contribution in [3.05, 3.63) is 102 Å². The topological polar surface area (TPSA) is 24.8 Å². The number of nitrogens with zero attached hydrogens (tertiary/aromatic N) is 2. The van der Waals surface area contributed by atoms with Crippen LogP contribution in [0.5, 0.6) is 5.75 Å². The number of fused-ring (bicyclic) bond motifs is 1. The van der Waals surface area contributed by atoms with E-state index in [1.165, 1.54) is 21.9 Å². The van der Waals surface area contributed by atoms with Gasteiger partial charge in [0, 0.05) is 36.1 Å². The molecule has 0 heterocycles. The molecular weight excluding hydrogens is 392 g/mol. The zero-order chi connectivity index (χ0) is 22.5. The van der Waals surface area contributed by atoms with Gasteiger partial charge in [0.1, 0.15) is 5.75 Å². The minimum atomic E-state index is 0.675. The third kappa shape index (κ3) is 4.38. The quantitative estimate of drug-likeness (QED) is 0.295. The first-order valence-corrected chi connectivity index (χ1v) is 11.2. The Kier molecular flexibility index (Phi) is 6.55. The highest BCUT2D eigenvalue weighted by molar-refractivity contribution is 6.20. The second-order valence-corrected chi connectivity index (χ2v) is 7.83. The number of hydrogen-bond donors (Lipinski definition) is 0. The predicted octanol–water partition coefficient (Wildman–Crippen LogP) is 7.17. The van der Waals surface area contributed by atoms with E-state index < -0.39 is 0 Å². The summed E-state index contributed by atoms with van der Waals surface area (Å²) >= 11 is 0. The van der Waals surface area contributed by atoms with E-state index in [0.717, 1.165) is 34.9 Å². The van der Waals surface area contributed by atoms with Crippen LogP contribution < -0.4 is 9.64 Å². The van der Waals surface area contributed by atoms with Crippen LogP contribution >= 0.6 is 0 Å². The maximum atomic E-state index is 5.56. The highest BCUT2D eigenvalue weighted by atomic mass is 16.5. The second-order valence-electron chi connectivity index (χ2n) is 7.83. The zero-order valence-electron chi connectivity index (χ0n) is 19.3. The van der Waals surface area contributed by atoms with Gasteiger partial charge in [0.05, 0.1) is 12.3 Å². The molecule has 162 valence electrons. The van der Waals surface area contributed by atoms with Gasteiger partial charge in [-0.2, -0.15) is 0 Å². The Morgan fingerprint density at radius 3 is 2.06 bits per heavy atom. The van der Waals surface area contributed by atoms with Crippen LogP contribution in [0.3, 0.4) is 0 Å². The molecule has 0 aliphatic heterocycles. The Morgan fingerprint density at radius 1 is 0.812 bits per heavy atom. The summed E-state index contributed by atoms with van der Waals surface area (Å²) in [4.78, 5) is 7.08. The molecule has 0 aromatic heterocycles. The summed E-state index contributed by atoms with van der Waals surface area (Å²) in [6, 6.07) is 29.8. The number of anilines is 2. The van der Waals surface area contributed by atoms with Gasteiger partial charge in [0.2, 0.25) is 0 Å². The first-order chi connectivity index (χ1) is 15.6. The van der Waals surface area contributed by atoms with Crippen LogP contribution in [0.4, 0.5) is 11.4 Å². The van der Waals surface area contributed by atoms with E-state index in [0.29, 0.717) is 6.61 Å². The van der Waals surface area contributed by atoms with Crippen LogP contribution in [-0.2, 0) is 0 Å². The summed E-state index contributed by atoms with van der Waals surface area (Å²) in [6.07, 6.45) is 0. The van der Waals surface area contributed by atoms with E-state index >= 15 is 0 Å². The van der Waals surface area contributed by atoms with Crippen molar-refractivity contribution in [2.24, 2.45) is 4.99 Å². The molecule has 0 fully saturated rings. The summed E-state index contributed by atoms with van der Waals surface area (Å²) < 4.78 is 5.56. The van der Waals surface area contributed by atoms with Crippen molar-refractivity contribution < 1.29 is 4.74 Å². The van der Waals surface area contributed by atoms with Crippen molar-refractivity contribution >= 4 is 27.9 Å². The first-order valence-electron chi connectivity index (χ1n) is 11.2. The Morgan fingerprint density at radius 2 is 1.44 bits per heavy atom. The molecule has 0 saturated carbocycles. The standard InChI is InChI=1S/C29H30N2O/c1-5-30-29(27-12-8-11-22-10-7-9-21(3)28(22)27)23-13-15-24(16-14-23)31(4)25-17-19-26(20-18-25)32-6-2/h7-20H,5-6H2,1-4H3/b30-29+. The van der Waals surface area contributed by atoms with Gasteiger partial charge < -0.3 is 9.64 Å². The van der Waals surface area contributed by atoms with E-state index in [9.17, 15) is 0 Å². The lowest BCUT2D eigenvalue weighted by molar-refractivity contribution is 0.340. The monoisotopic (exact) mass is 422 g/mol. The molecule has 0 aliphatic rings. The van der Waals surface area contributed by atoms with Crippen LogP contribution in [0.1, 0.15) is 30.5 Å². The maximum absolute atomic E-state index is 5.56. The lowest BCUT2D eigenvalue weighted by atomic mass is 9.93. The summed E-state index contributed by atoms with van der Waals surface area (Å²) in [5, 5.41) is 2.52. The van der Waals surface area contributed by atoms with Gasteiger partial charge in [-0.05, 0) is 73.5 Å². The fraction of sp³-hybridized carbons (Fsp3) is 0.207. The number of aryl methyl sites for hydroxylation is 1. The molecule has 0 amide bonds. The lowest BCUT2D eigenvalue weighted by Gasteiger charge is -2.20. The van der Waals surface area contributed by atoms with Gasteiger partial charge in [-0.15, -0.1) is 0 Å². The van der Waals surface area contributed by atoms with E-state index in [4.69, 9.17) is 9.73 Å². The molecule has 0 saturated heterocycles. The van der Waals surface area contributed by atoms with Crippen LogP contribution in [0, 0.1) is 6.92 Å². The van der Waals surface area contributed by atoms with Crippen molar-refractivity contribution in [1.29, 1.82) is 0 Å². The van der Waals surface area contributed by atoms with Gasteiger partial charge in [0.25, 0.3) is 0 Å². The number of aliphatic imine (C=N–C) groups is 1. The fourth-order valence-electron chi connectivity index (χ4n) is 4.14. The summed E-state index contributed by atoms with van der Waals surface area (Å²) in [7, 11) is 2.08. The smallest absolute Gasteiger partial charge is 0.119 e. The molecular formula is C29H30N2O. The molecule has 0 N–H and O–H groups in total. The number of ether oxygens (including phenoxy) is 1. The Hall–Kier alpha value is -3.59. The normalized spacial score (nSPS) is 11.6. The summed E-state index contributed by atoms with van der Waals surface area (Å²) in [5.41, 5.74) is 6.88. The van der Waals surface area contributed by atoms with Gasteiger partial charge in [-0.25, -0.2) is 0 Å². The molecule has 0 aliphatic carbocycles. The SMILES string of the molecule is CC/N=C(\c1ccc(N(C)c2ccc(OCC)cc2)cc1)c1cccc2cccc(C)c12. The highest BCUT2D eigenvalue weighted by Gasteiger charge is 2.13. The van der Waals surface area contributed by atoms with Crippen molar-refractivity contribution in [3.63, 3.8) is 0 Å². The van der Waals surface area contributed by atoms with E-state index in [1.807, 2.05) is 19.1 Å². The van der Waals surface area contributed by atoms with Gasteiger partial charge in [-0.3, -0.25) is 4.99 Å². The van der Waals surface area contributed by atoms with Crippen molar-refractivity contribution in [2.75, 3.05) is 25.1 Å². The van der Waals surface area contributed by atoms with E-state index in [2.05, 4.69) is 98.6 Å². The minimum absolute atomic E-state index is 0.675. The Balaban J connectivity index is 1.67. The first kappa shape index (κ1) is 21.6. The average Bonchev–Trinajstić information content (AvgIpc) is 2.83. The number of rotatable bonds is 7. The van der Waals surface area contributed by atoms with Crippen molar-refractivity contribution in [1.82, 2.24) is 0 Å². The molecule has 3 nitrogen and oxygen atoms in total. The minimum Gasteiger partial charge on any atom is -0.494 e. The molecule has 4 aromatic rings. The van der Waals surface area contributed by atoms with Crippen LogP contribution in [0.2, 0.25) is 0 Å². The van der Waals surface area contributed by atoms with Crippen LogP contribution in [0.15, 0.2) is 89.9 Å². The fourth-order valence-corrected chi connectivity index (χ4v) is 4.14. The molecule has 0 bridgehead atoms. The largest absolute Gasteiger partial charge is 0.494 e. The summed E-state index contributed by atoms with van der Waals surface area (Å²) in [5.74, 6) is 0.894. The molecule has 0 radical (unpaired) electrons. The third-order valence-electron chi connectivity index (χ3n) is 5.75. The highest BCUT2D eigenvalue weighted by Crippen LogP contribution is 2.28. The Bertz CT molecular complexity index is 1220. The van der Waals surface area contributed by atoms with Gasteiger partial charge in [-0.1, -0.05) is 48.5 Å². The van der Waals surface area contributed by atoms with Crippen LogP contribution in [0.25, 0.3) is 10.8 Å². The van der Waals surface area contributed by atoms with E-state index in [1.54, 1.807) is 0 Å². The van der Waals surface area contributed by atoms with Gasteiger partial charge in [0.15, 0.2) is 0 Å². The molecule has 3 heteroatoms. The van der Waals surface area contributed by atoms with Crippen molar-refractivity contribution in [3.8, 4) is 5.75 Å². The maximum Gasteiger partial charge on any atom is 0.119 e. The Labute approximate surface area is 191 Å². The predicted molar refractivity (Wildman–Crippen MR) is 137 cm³/mol. The van der Waals surface area contributed by atoms with Gasteiger partial charge >= 0.3 is 0 Å². The summed E-state index contributed by atoms with van der Waals surface area (Å²) in [6.45, 7) is 7.67. The molecule has 0 unspecified atom stereocenters. The van der Waals surface area contributed by atoms with Crippen LogP contribution in [-0.4, -0.2) is 25.9 Å². The lowest BCUT2D eigenvalue weighted by Crippen LogP contribution is -2.10. The van der Waals surface area contributed by atoms with Crippen molar-refractivity contribution in [2.45, 2.75) is 20.8 Å². The number of hydrogen-bond acceptors (Lipinski definition) is 3. The molecule has 4 aromatic carbocycles. The van der Waals surface area contributed by atoms with E-state index in [-0.39, 0.29) is 0 Å². The second kappa shape index (κ2) is 9.69.